The average molecular weight is 425 g/mol. The normalized spacial score (nSPS) is 11.8. The Morgan fingerprint density at radius 3 is 1.15 bits per heavy atom. The number of hydrogen-bond acceptors (Lipinski definition) is 2. The first-order chi connectivity index (χ1) is 12.4. The Hall–Kier alpha value is 0.590. The van der Waals surface area contributed by atoms with Crippen LogP contribution in [0.25, 0.3) is 0 Å². The molecule has 0 aromatic heterocycles. The lowest BCUT2D eigenvalue weighted by atomic mass is 10.0. The van der Waals surface area contributed by atoms with E-state index in [9.17, 15) is 4.57 Å². The van der Waals surface area contributed by atoms with Crippen molar-refractivity contribution >= 4 is 36.6 Å². The van der Waals surface area contributed by atoms with Gasteiger partial charge in [-0.05, 0) is 19.3 Å². The molecule has 0 aromatic carbocycles. The van der Waals surface area contributed by atoms with Gasteiger partial charge in [0.2, 0.25) is 0 Å². The second-order valence-corrected chi connectivity index (χ2v) is 10.7. The molecule has 0 heterocycles. The molecule has 0 aliphatic heterocycles. The van der Waals surface area contributed by atoms with E-state index in [1.54, 1.807) is 0 Å². The van der Waals surface area contributed by atoms with Crippen LogP contribution in [-0.2, 0) is 4.57 Å². The summed E-state index contributed by atoms with van der Waals surface area (Å²) in [7, 11) is -3.77. The van der Waals surface area contributed by atoms with Gasteiger partial charge < -0.3 is 9.79 Å². The molecule has 26 heavy (non-hydrogen) atoms. The summed E-state index contributed by atoms with van der Waals surface area (Å²) in [5.41, 5.74) is 0. The summed E-state index contributed by atoms with van der Waals surface area (Å²) < 4.78 is 11.6. The molecule has 3 nitrogen and oxygen atoms in total. The van der Waals surface area contributed by atoms with Crippen LogP contribution < -0.4 is 0 Å². The second kappa shape index (κ2) is 18.9. The van der Waals surface area contributed by atoms with Crippen LogP contribution in [0.3, 0.4) is 0 Å². The molecular weight excluding hydrogens is 383 g/mol. The molecule has 6 heteroatoms. The topological polar surface area (TPSA) is 57.5 Å². The van der Waals surface area contributed by atoms with Crippen molar-refractivity contribution in [3.63, 3.8) is 0 Å². The van der Waals surface area contributed by atoms with Crippen molar-refractivity contribution in [3.05, 3.63) is 0 Å². The van der Waals surface area contributed by atoms with Crippen LogP contribution in [-0.4, -0.2) is 20.1 Å². The van der Waals surface area contributed by atoms with Gasteiger partial charge in [0.25, 0.3) is 0 Å². The van der Waals surface area contributed by atoms with E-state index in [0.717, 1.165) is 23.5 Å². The molecule has 0 bridgehead atoms. The van der Waals surface area contributed by atoms with Crippen LogP contribution in [0.4, 0.5) is 0 Å². The van der Waals surface area contributed by atoms with Crippen molar-refractivity contribution in [3.8, 4) is 0 Å². The lowest BCUT2D eigenvalue weighted by molar-refractivity contribution is 0.370. The molecule has 0 aliphatic carbocycles. The average Bonchev–Trinajstić information content (AvgIpc) is 2.55. The van der Waals surface area contributed by atoms with Gasteiger partial charge in [-0.15, -0.1) is 12.6 Å². The fraction of sp³-hybridized carbons (Fsp3) is 0.950. The van der Waals surface area contributed by atoms with E-state index in [1.807, 2.05) is 0 Å². The molecule has 0 saturated carbocycles. The summed E-state index contributed by atoms with van der Waals surface area (Å²) in [6, 6.07) is 0. The Bertz CT molecular complexity index is 372. The molecular formula is C20H41O3PS2. The quantitative estimate of drug-likeness (QED) is 0.0822. The van der Waals surface area contributed by atoms with Crippen molar-refractivity contribution in [2.75, 3.05) is 6.16 Å². The van der Waals surface area contributed by atoms with Gasteiger partial charge in [-0.25, -0.2) is 0 Å². The van der Waals surface area contributed by atoms with E-state index in [0.29, 0.717) is 6.42 Å². The highest BCUT2D eigenvalue weighted by atomic mass is 32.1. The first-order valence-electron chi connectivity index (χ1n) is 10.7. The number of thiol groups is 1. The van der Waals surface area contributed by atoms with E-state index in [-0.39, 0.29) is 6.16 Å². The minimum atomic E-state index is -3.77. The predicted octanol–water partition coefficient (Wildman–Crippen LogP) is 7.44. The molecule has 0 amide bonds. The van der Waals surface area contributed by atoms with Crippen LogP contribution in [0.5, 0.6) is 0 Å². The molecule has 0 fully saturated rings. The van der Waals surface area contributed by atoms with E-state index < -0.39 is 7.60 Å². The summed E-state index contributed by atoms with van der Waals surface area (Å²) in [5.74, 6) is 0. The van der Waals surface area contributed by atoms with E-state index >= 15 is 0 Å². The minimum absolute atomic E-state index is 0.0533. The first kappa shape index (κ1) is 26.6. The van der Waals surface area contributed by atoms with Crippen molar-refractivity contribution < 1.29 is 14.4 Å². The number of rotatable bonds is 20. The van der Waals surface area contributed by atoms with Crippen LogP contribution in [0.15, 0.2) is 0 Å². The fourth-order valence-corrected chi connectivity index (χ4v) is 4.18. The van der Waals surface area contributed by atoms with Gasteiger partial charge >= 0.3 is 7.60 Å². The third-order valence-corrected chi connectivity index (χ3v) is 6.17. The first-order valence-corrected chi connectivity index (χ1v) is 13.3. The zero-order chi connectivity index (χ0) is 19.5. The summed E-state index contributed by atoms with van der Waals surface area (Å²) in [6.45, 7) is 0. The zero-order valence-electron chi connectivity index (χ0n) is 16.5. The SMILES string of the molecule is O=P(O)(O)CCCCCCCCCCCCCCCCCCCC(=S)S. The minimum Gasteiger partial charge on any atom is -0.324 e. The summed E-state index contributed by atoms with van der Waals surface area (Å²) in [4.78, 5) is 17.5. The van der Waals surface area contributed by atoms with Gasteiger partial charge in [-0.3, -0.25) is 4.57 Å². The predicted molar refractivity (Wildman–Crippen MR) is 122 cm³/mol. The molecule has 2 N–H and O–H groups in total. The number of unbranched alkanes of at least 4 members (excludes halogenated alkanes) is 16. The third-order valence-electron chi connectivity index (χ3n) is 4.84. The van der Waals surface area contributed by atoms with Crippen LogP contribution >= 0.6 is 32.4 Å². The highest BCUT2D eigenvalue weighted by molar-refractivity contribution is 8.11. The largest absolute Gasteiger partial charge is 0.325 e. The molecule has 156 valence electrons. The Morgan fingerprint density at radius 2 is 0.885 bits per heavy atom. The molecule has 0 rings (SSSR count). The van der Waals surface area contributed by atoms with Crippen molar-refractivity contribution in [2.24, 2.45) is 0 Å². The smallest absolute Gasteiger partial charge is 0.324 e. The van der Waals surface area contributed by atoms with Gasteiger partial charge in [0, 0.05) is 10.4 Å². The Balaban J connectivity index is 3.05. The number of thiocarbonyl (C=S) groups is 1. The standard InChI is InChI=1S/C20H41O3PS2/c21-24(22,23)19-17-15-13-11-9-7-5-3-1-2-4-6-8-10-12-14-16-18-20(25)26/h1-19H2,(H,25,26)(H2,21,22,23). The highest BCUT2D eigenvalue weighted by Crippen LogP contribution is 2.35. The Morgan fingerprint density at radius 1 is 0.615 bits per heavy atom. The second-order valence-electron chi connectivity index (χ2n) is 7.54. The van der Waals surface area contributed by atoms with Gasteiger partial charge in [0.1, 0.15) is 0 Å². The summed E-state index contributed by atoms with van der Waals surface area (Å²) in [6.07, 6.45) is 22.4. The van der Waals surface area contributed by atoms with Crippen molar-refractivity contribution in [1.29, 1.82) is 0 Å². The molecule has 0 radical (unpaired) electrons. The summed E-state index contributed by atoms with van der Waals surface area (Å²) in [5, 5.41) is 0. The molecule has 0 aliphatic rings. The fourth-order valence-electron chi connectivity index (χ4n) is 3.25. The van der Waals surface area contributed by atoms with Crippen LogP contribution in [0, 0.1) is 0 Å². The van der Waals surface area contributed by atoms with E-state index in [2.05, 4.69) is 12.6 Å². The van der Waals surface area contributed by atoms with Crippen LogP contribution in [0.1, 0.15) is 116 Å². The van der Waals surface area contributed by atoms with Gasteiger partial charge in [0.15, 0.2) is 0 Å². The maximum Gasteiger partial charge on any atom is 0.325 e. The van der Waals surface area contributed by atoms with Gasteiger partial charge in [-0.1, -0.05) is 109 Å². The maximum atomic E-state index is 10.7. The van der Waals surface area contributed by atoms with Crippen molar-refractivity contribution in [2.45, 2.75) is 116 Å². The van der Waals surface area contributed by atoms with E-state index in [1.165, 1.54) is 89.9 Å². The number of hydrogen-bond donors (Lipinski definition) is 3. The monoisotopic (exact) mass is 424 g/mol. The van der Waals surface area contributed by atoms with Gasteiger partial charge in [-0.2, -0.15) is 0 Å². The van der Waals surface area contributed by atoms with Gasteiger partial charge in [0.05, 0.1) is 0 Å². The lowest BCUT2D eigenvalue weighted by Gasteiger charge is -2.04. The molecule has 0 saturated heterocycles. The maximum absolute atomic E-state index is 10.7. The Kier molecular flexibility index (Phi) is 19.4. The molecule has 0 spiro atoms. The lowest BCUT2D eigenvalue weighted by Crippen LogP contribution is -1.88. The van der Waals surface area contributed by atoms with E-state index in [4.69, 9.17) is 22.0 Å². The Labute approximate surface area is 172 Å². The molecule has 0 atom stereocenters. The third kappa shape index (κ3) is 24.6. The highest BCUT2D eigenvalue weighted by Gasteiger charge is 2.10. The zero-order valence-corrected chi connectivity index (χ0v) is 19.1. The van der Waals surface area contributed by atoms with Crippen LogP contribution in [0.2, 0.25) is 0 Å². The summed E-state index contributed by atoms with van der Waals surface area (Å²) >= 11 is 9.11. The molecule has 0 unspecified atom stereocenters. The van der Waals surface area contributed by atoms with Crippen molar-refractivity contribution in [1.82, 2.24) is 0 Å². The molecule has 0 aromatic rings.